The first-order valence-electron chi connectivity index (χ1n) is 11.5. The molecule has 1 heterocycles. The molecule has 6 N–H and O–H groups in total. The van der Waals surface area contributed by atoms with E-state index in [1.165, 1.54) is 6.20 Å². The van der Waals surface area contributed by atoms with Gasteiger partial charge in [0.2, 0.25) is 0 Å². The Morgan fingerprint density at radius 3 is 2.52 bits per heavy atom. The third-order valence-electron chi connectivity index (χ3n) is 7.10. The summed E-state index contributed by atoms with van der Waals surface area (Å²) in [5.41, 5.74) is 8.22. The highest BCUT2D eigenvalue weighted by atomic mass is 16.4. The first-order chi connectivity index (χ1) is 15.6. The third-order valence-corrected chi connectivity index (χ3v) is 7.10. The lowest BCUT2D eigenvalue weighted by molar-refractivity contribution is -0.145. The van der Waals surface area contributed by atoms with Crippen molar-refractivity contribution in [3.05, 3.63) is 47.4 Å². The lowest BCUT2D eigenvalue weighted by Gasteiger charge is -2.36. The Morgan fingerprint density at radius 1 is 1.21 bits per heavy atom. The van der Waals surface area contributed by atoms with Crippen LogP contribution in [0.4, 0.5) is 11.5 Å². The van der Waals surface area contributed by atoms with Crippen LogP contribution < -0.4 is 11.1 Å². The van der Waals surface area contributed by atoms with E-state index in [4.69, 9.17) is 5.73 Å². The second-order valence-electron chi connectivity index (χ2n) is 10.1. The summed E-state index contributed by atoms with van der Waals surface area (Å²) in [6.07, 6.45) is 8.11. The van der Waals surface area contributed by atoms with Gasteiger partial charge >= 0.3 is 5.97 Å². The second kappa shape index (κ2) is 8.67. The molecule has 1 saturated carbocycles. The van der Waals surface area contributed by atoms with E-state index in [9.17, 15) is 19.8 Å². The Balaban J connectivity index is 1.66. The minimum Gasteiger partial charge on any atom is -0.481 e. The molecule has 0 spiro atoms. The zero-order valence-electron chi connectivity index (χ0n) is 19.1. The number of aliphatic hydroxyl groups is 1. The number of amides is 1. The van der Waals surface area contributed by atoms with Crippen LogP contribution >= 0.6 is 0 Å². The van der Waals surface area contributed by atoms with Gasteiger partial charge in [0, 0.05) is 11.3 Å². The normalized spacial score (nSPS) is 24.7. The molecule has 1 fully saturated rings. The van der Waals surface area contributed by atoms with Crippen molar-refractivity contribution in [1.29, 1.82) is 0 Å². The van der Waals surface area contributed by atoms with E-state index >= 15 is 0 Å². The molecule has 0 unspecified atom stereocenters. The largest absolute Gasteiger partial charge is 0.481 e. The number of allylic oxidation sites excluding steroid dienone is 2. The number of imidazole rings is 1. The number of rotatable bonds is 5. The van der Waals surface area contributed by atoms with Crippen LogP contribution in [0.5, 0.6) is 0 Å². The lowest BCUT2D eigenvalue weighted by atomic mass is 9.73. The number of carbonyl (C=O) groups is 2. The van der Waals surface area contributed by atoms with Crippen molar-refractivity contribution in [2.24, 2.45) is 11.3 Å². The molecule has 0 radical (unpaired) electrons. The molecule has 33 heavy (non-hydrogen) atoms. The zero-order chi connectivity index (χ0) is 23.8. The van der Waals surface area contributed by atoms with Crippen molar-refractivity contribution >= 4 is 29.0 Å². The second-order valence-corrected chi connectivity index (χ2v) is 10.1. The SMILES string of the molecule is CC1(C)CC=C(c2cc(C3(O)CCC(C(=O)O)CC3)ccc2NC(=O)c2ncc(N)[nH]2)CC1. The molecule has 1 aromatic carbocycles. The topological polar surface area (TPSA) is 141 Å². The van der Waals surface area contributed by atoms with Gasteiger partial charge < -0.3 is 26.2 Å². The molecule has 1 amide bonds. The molecule has 1 aromatic heterocycles. The summed E-state index contributed by atoms with van der Waals surface area (Å²) in [7, 11) is 0. The highest BCUT2D eigenvalue weighted by Gasteiger charge is 2.37. The van der Waals surface area contributed by atoms with Crippen molar-refractivity contribution < 1.29 is 19.8 Å². The predicted molar refractivity (Wildman–Crippen MR) is 126 cm³/mol. The Labute approximate surface area is 193 Å². The quantitative estimate of drug-likeness (QED) is 0.458. The first kappa shape index (κ1) is 23.0. The molecular weight excluding hydrogens is 420 g/mol. The van der Waals surface area contributed by atoms with Crippen LogP contribution in [0.3, 0.4) is 0 Å². The van der Waals surface area contributed by atoms with Gasteiger partial charge in [-0.15, -0.1) is 0 Å². The summed E-state index contributed by atoms with van der Waals surface area (Å²) in [6.45, 7) is 4.48. The van der Waals surface area contributed by atoms with Gasteiger partial charge in [0.05, 0.1) is 17.7 Å². The number of carbonyl (C=O) groups excluding carboxylic acids is 1. The molecule has 0 bridgehead atoms. The van der Waals surface area contributed by atoms with Gasteiger partial charge in [0.1, 0.15) is 5.82 Å². The van der Waals surface area contributed by atoms with Gasteiger partial charge in [0.15, 0.2) is 5.82 Å². The summed E-state index contributed by atoms with van der Waals surface area (Å²) < 4.78 is 0. The Bertz CT molecular complexity index is 1090. The van der Waals surface area contributed by atoms with Gasteiger partial charge in [-0.2, -0.15) is 0 Å². The summed E-state index contributed by atoms with van der Waals surface area (Å²) in [5, 5.41) is 23.6. The smallest absolute Gasteiger partial charge is 0.306 e. The fourth-order valence-electron chi connectivity index (χ4n) is 4.79. The third kappa shape index (κ3) is 4.95. The molecule has 8 heteroatoms. The fourth-order valence-corrected chi connectivity index (χ4v) is 4.79. The molecule has 0 atom stereocenters. The van der Waals surface area contributed by atoms with Crippen LogP contribution in [-0.4, -0.2) is 32.1 Å². The van der Waals surface area contributed by atoms with Crippen molar-refractivity contribution in [3.8, 4) is 0 Å². The zero-order valence-corrected chi connectivity index (χ0v) is 19.1. The van der Waals surface area contributed by atoms with Crippen LogP contribution in [-0.2, 0) is 10.4 Å². The average molecular weight is 453 g/mol. The van der Waals surface area contributed by atoms with Crippen LogP contribution in [0.25, 0.3) is 5.57 Å². The van der Waals surface area contributed by atoms with E-state index in [-0.39, 0.29) is 11.2 Å². The maximum Gasteiger partial charge on any atom is 0.306 e. The molecule has 2 aromatic rings. The van der Waals surface area contributed by atoms with Gasteiger partial charge in [-0.25, -0.2) is 4.98 Å². The summed E-state index contributed by atoms with van der Waals surface area (Å²) >= 11 is 0. The van der Waals surface area contributed by atoms with Gasteiger partial charge in [-0.3, -0.25) is 9.59 Å². The lowest BCUT2D eigenvalue weighted by Crippen LogP contribution is -2.34. The van der Waals surface area contributed by atoms with Gasteiger partial charge in [-0.05, 0) is 73.6 Å². The Hall–Kier alpha value is -3.13. The van der Waals surface area contributed by atoms with E-state index in [1.807, 2.05) is 18.2 Å². The van der Waals surface area contributed by atoms with Gasteiger partial charge in [-0.1, -0.05) is 26.0 Å². The number of aromatic amines is 1. The number of nitrogens with zero attached hydrogens (tertiary/aromatic N) is 1. The van der Waals surface area contributed by atoms with Crippen LogP contribution in [0, 0.1) is 11.3 Å². The van der Waals surface area contributed by atoms with Crippen LogP contribution in [0.15, 0.2) is 30.5 Å². The van der Waals surface area contributed by atoms with Crippen molar-refractivity contribution in [2.45, 2.75) is 64.4 Å². The van der Waals surface area contributed by atoms with Crippen molar-refractivity contribution in [2.75, 3.05) is 11.1 Å². The average Bonchev–Trinajstić information content (AvgIpc) is 3.21. The number of hydrogen-bond acceptors (Lipinski definition) is 5. The van der Waals surface area contributed by atoms with Gasteiger partial charge in [0.25, 0.3) is 5.91 Å². The number of H-pyrrole nitrogens is 1. The molecular formula is C25H32N4O4. The molecule has 0 saturated heterocycles. The highest BCUT2D eigenvalue weighted by molar-refractivity contribution is 6.03. The molecule has 176 valence electrons. The van der Waals surface area contributed by atoms with E-state index in [2.05, 4.69) is 35.2 Å². The summed E-state index contributed by atoms with van der Waals surface area (Å²) in [6, 6.07) is 5.60. The first-order valence-corrected chi connectivity index (χ1v) is 11.5. The number of aliphatic carboxylic acids is 1. The van der Waals surface area contributed by atoms with Crippen molar-refractivity contribution in [1.82, 2.24) is 9.97 Å². The minimum absolute atomic E-state index is 0.131. The number of anilines is 2. The molecule has 0 aliphatic heterocycles. The number of carboxylic acid groups (broad SMARTS) is 1. The van der Waals surface area contributed by atoms with Crippen LogP contribution in [0.1, 0.15) is 80.5 Å². The van der Waals surface area contributed by atoms with E-state index in [0.29, 0.717) is 37.2 Å². The monoisotopic (exact) mass is 452 g/mol. The molecule has 8 nitrogen and oxygen atoms in total. The van der Waals surface area contributed by atoms with Crippen LogP contribution in [0.2, 0.25) is 0 Å². The molecule has 2 aliphatic carbocycles. The maximum atomic E-state index is 12.7. The van der Waals surface area contributed by atoms with E-state index < -0.39 is 23.4 Å². The van der Waals surface area contributed by atoms with Crippen molar-refractivity contribution in [3.63, 3.8) is 0 Å². The number of nitrogens with one attached hydrogen (secondary N) is 2. The number of hydrogen-bond donors (Lipinski definition) is 5. The molecule has 2 aliphatic rings. The maximum absolute atomic E-state index is 12.7. The summed E-state index contributed by atoms with van der Waals surface area (Å²) in [4.78, 5) is 30.8. The minimum atomic E-state index is -1.08. The predicted octanol–water partition coefficient (Wildman–Crippen LogP) is 4.30. The Morgan fingerprint density at radius 2 is 1.94 bits per heavy atom. The number of aromatic nitrogens is 2. The van der Waals surface area contributed by atoms with E-state index in [1.54, 1.807) is 0 Å². The number of nitrogen functional groups attached to an aromatic ring is 1. The summed E-state index contributed by atoms with van der Waals surface area (Å²) in [5.74, 6) is -1.16. The number of nitrogens with two attached hydrogens (primary N) is 1. The fraction of sp³-hybridized carbons (Fsp3) is 0.480. The highest BCUT2D eigenvalue weighted by Crippen LogP contribution is 2.44. The Kier molecular flexibility index (Phi) is 6.05. The molecule has 4 rings (SSSR count). The standard InChI is InChI=1S/C25H32N4O4/c1-24(2)9-5-15(6-10-24)18-13-17(25(33)11-7-16(8-12-25)23(31)32)3-4-19(18)28-22(30)21-27-14-20(26)29-21/h3-5,13-14,16,33H,6-12,26H2,1-2H3,(H,27,29)(H,28,30)(H,31,32). The van der Waals surface area contributed by atoms with E-state index in [0.717, 1.165) is 36.0 Å². The number of benzene rings is 1. The number of carboxylic acids is 1.